The molecule has 0 heterocycles. The highest BCUT2D eigenvalue weighted by molar-refractivity contribution is 9.10. The molecule has 0 saturated heterocycles. The Balaban J connectivity index is 2.06. The zero-order valence-electron chi connectivity index (χ0n) is 13.8. The van der Waals surface area contributed by atoms with Gasteiger partial charge in [-0.3, -0.25) is 9.00 Å². The van der Waals surface area contributed by atoms with E-state index in [2.05, 4.69) is 21.2 Å². The van der Waals surface area contributed by atoms with Crippen molar-refractivity contribution < 1.29 is 18.5 Å². The maximum Gasteiger partial charge on any atom is 0.340 e. The zero-order valence-corrected chi connectivity index (χ0v) is 16.2. The van der Waals surface area contributed by atoms with Crippen LogP contribution in [0.1, 0.15) is 24.2 Å². The van der Waals surface area contributed by atoms with Crippen molar-refractivity contribution in [1.82, 2.24) is 0 Å². The second kappa shape index (κ2) is 8.92. The summed E-state index contributed by atoms with van der Waals surface area (Å²) in [4.78, 5) is 24.9. The SMILES string of the molecule is CC[S@@](=O)c1ccccc1C(=O)O[C@H](C)C(=O)Nc1ccc(Br)cc1. The molecule has 0 bridgehead atoms. The van der Waals surface area contributed by atoms with E-state index < -0.39 is 28.8 Å². The Morgan fingerprint density at radius 1 is 1.16 bits per heavy atom. The van der Waals surface area contributed by atoms with Crippen LogP contribution < -0.4 is 5.32 Å². The summed E-state index contributed by atoms with van der Waals surface area (Å²) < 4.78 is 18.2. The van der Waals surface area contributed by atoms with E-state index in [1.165, 1.54) is 6.92 Å². The van der Waals surface area contributed by atoms with Crippen molar-refractivity contribution in [2.45, 2.75) is 24.8 Å². The molecule has 5 nitrogen and oxygen atoms in total. The molecular formula is C18H18BrNO4S. The van der Waals surface area contributed by atoms with Crippen molar-refractivity contribution in [2.75, 3.05) is 11.1 Å². The van der Waals surface area contributed by atoms with E-state index in [4.69, 9.17) is 4.74 Å². The Hall–Kier alpha value is -1.99. The van der Waals surface area contributed by atoms with Gasteiger partial charge in [-0.1, -0.05) is 35.0 Å². The second-order valence-corrected chi connectivity index (χ2v) is 7.80. The number of esters is 1. The third-order valence-corrected chi connectivity index (χ3v) is 5.28. The van der Waals surface area contributed by atoms with Crippen LogP contribution in [0.4, 0.5) is 5.69 Å². The molecule has 0 aromatic heterocycles. The molecule has 0 fully saturated rings. The van der Waals surface area contributed by atoms with Crippen LogP contribution in [0.5, 0.6) is 0 Å². The predicted octanol–water partition coefficient (Wildman–Crippen LogP) is 3.76. The molecule has 7 heteroatoms. The normalized spacial score (nSPS) is 12.9. The van der Waals surface area contributed by atoms with E-state index in [9.17, 15) is 13.8 Å². The maximum absolute atomic E-state index is 12.4. The van der Waals surface area contributed by atoms with Gasteiger partial charge in [-0.25, -0.2) is 4.79 Å². The van der Waals surface area contributed by atoms with Gasteiger partial charge in [-0.15, -0.1) is 0 Å². The minimum Gasteiger partial charge on any atom is -0.449 e. The Labute approximate surface area is 157 Å². The number of carbonyl (C=O) groups excluding carboxylic acids is 2. The van der Waals surface area contributed by atoms with Gasteiger partial charge in [-0.05, 0) is 43.3 Å². The fourth-order valence-electron chi connectivity index (χ4n) is 2.04. The third kappa shape index (κ3) is 5.24. The standard InChI is InChI=1S/C18H18BrNO4S/c1-3-25(23)16-7-5-4-6-15(16)18(22)24-12(2)17(21)20-14-10-8-13(19)9-11-14/h4-12H,3H2,1-2H3,(H,20,21)/t12-,25-/m1/s1. The first-order valence-corrected chi connectivity index (χ1v) is 9.78. The van der Waals surface area contributed by atoms with Crippen molar-refractivity contribution in [2.24, 2.45) is 0 Å². The van der Waals surface area contributed by atoms with E-state index in [0.29, 0.717) is 16.3 Å². The van der Waals surface area contributed by atoms with Crippen LogP contribution >= 0.6 is 15.9 Å². The molecule has 0 spiro atoms. The average molecular weight is 424 g/mol. The third-order valence-electron chi connectivity index (χ3n) is 3.38. The van der Waals surface area contributed by atoms with Crippen molar-refractivity contribution in [1.29, 1.82) is 0 Å². The predicted molar refractivity (Wildman–Crippen MR) is 101 cm³/mol. The van der Waals surface area contributed by atoms with Crippen LogP contribution in [0, 0.1) is 0 Å². The lowest BCUT2D eigenvalue weighted by Gasteiger charge is -2.15. The maximum atomic E-state index is 12.4. The second-order valence-electron chi connectivity index (χ2n) is 5.17. The highest BCUT2D eigenvalue weighted by atomic mass is 79.9. The fraction of sp³-hybridized carbons (Fsp3) is 0.222. The highest BCUT2D eigenvalue weighted by Crippen LogP contribution is 2.17. The molecule has 0 aliphatic heterocycles. The highest BCUT2D eigenvalue weighted by Gasteiger charge is 2.22. The van der Waals surface area contributed by atoms with E-state index in [0.717, 1.165) is 4.47 Å². The Kier molecular flexibility index (Phi) is 6.90. The molecule has 25 heavy (non-hydrogen) atoms. The zero-order chi connectivity index (χ0) is 18.4. The van der Waals surface area contributed by atoms with Gasteiger partial charge in [-0.2, -0.15) is 0 Å². The summed E-state index contributed by atoms with van der Waals surface area (Å²) in [6.45, 7) is 3.26. The molecule has 1 amide bonds. The van der Waals surface area contributed by atoms with E-state index in [1.807, 2.05) is 0 Å². The van der Waals surface area contributed by atoms with Crippen molar-refractivity contribution in [3.05, 3.63) is 58.6 Å². The van der Waals surface area contributed by atoms with Gasteiger partial charge in [0.2, 0.25) is 0 Å². The Morgan fingerprint density at radius 2 is 1.80 bits per heavy atom. The Morgan fingerprint density at radius 3 is 2.44 bits per heavy atom. The van der Waals surface area contributed by atoms with E-state index in [-0.39, 0.29) is 5.56 Å². The summed E-state index contributed by atoms with van der Waals surface area (Å²) in [5.41, 5.74) is 0.814. The molecule has 2 aromatic rings. The van der Waals surface area contributed by atoms with Gasteiger partial charge in [0.15, 0.2) is 6.10 Å². The first kappa shape index (κ1) is 19.3. The van der Waals surface area contributed by atoms with Crippen molar-refractivity contribution in [3.8, 4) is 0 Å². The van der Waals surface area contributed by atoms with Crippen LogP contribution in [0.3, 0.4) is 0 Å². The number of halogens is 1. The number of hydrogen-bond donors (Lipinski definition) is 1. The molecule has 2 rings (SSSR count). The van der Waals surface area contributed by atoms with Crippen molar-refractivity contribution >= 4 is 44.3 Å². The summed E-state index contributed by atoms with van der Waals surface area (Å²) in [5.74, 6) is -0.718. The quantitative estimate of drug-likeness (QED) is 0.717. The van der Waals surface area contributed by atoms with Crippen LogP contribution in [-0.4, -0.2) is 27.9 Å². The topological polar surface area (TPSA) is 72.5 Å². The largest absolute Gasteiger partial charge is 0.449 e. The lowest BCUT2D eigenvalue weighted by molar-refractivity contribution is -0.123. The molecule has 0 saturated carbocycles. The van der Waals surface area contributed by atoms with Gasteiger partial charge in [0, 0.05) is 15.9 Å². The number of nitrogens with one attached hydrogen (secondary N) is 1. The molecule has 1 N–H and O–H groups in total. The first-order chi connectivity index (χ1) is 11.9. The van der Waals surface area contributed by atoms with Gasteiger partial charge < -0.3 is 10.1 Å². The monoisotopic (exact) mass is 423 g/mol. The lowest BCUT2D eigenvalue weighted by Crippen LogP contribution is -2.30. The molecule has 2 atom stereocenters. The molecule has 2 aromatic carbocycles. The number of rotatable bonds is 6. The summed E-state index contributed by atoms with van der Waals surface area (Å²) >= 11 is 3.32. The van der Waals surface area contributed by atoms with Crippen LogP contribution in [0.2, 0.25) is 0 Å². The van der Waals surface area contributed by atoms with Gasteiger partial charge in [0.1, 0.15) is 0 Å². The molecule has 0 aliphatic rings. The fourth-order valence-corrected chi connectivity index (χ4v) is 3.25. The van der Waals surface area contributed by atoms with Crippen LogP contribution in [-0.2, 0) is 20.3 Å². The number of hydrogen-bond acceptors (Lipinski definition) is 4. The first-order valence-electron chi connectivity index (χ1n) is 7.67. The molecule has 0 aliphatic carbocycles. The van der Waals surface area contributed by atoms with Crippen LogP contribution in [0.15, 0.2) is 57.9 Å². The van der Waals surface area contributed by atoms with Crippen molar-refractivity contribution in [3.63, 3.8) is 0 Å². The van der Waals surface area contributed by atoms with E-state index >= 15 is 0 Å². The van der Waals surface area contributed by atoms with Crippen LogP contribution in [0.25, 0.3) is 0 Å². The average Bonchev–Trinajstić information content (AvgIpc) is 2.62. The number of amides is 1. The summed E-state index contributed by atoms with van der Waals surface area (Å²) in [6, 6.07) is 13.6. The molecule has 132 valence electrons. The molecular weight excluding hydrogens is 406 g/mol. The molecule has 0 radical (unpaired) electrons. The number of ether oxygens (including phenoxy) is 1. The number of benzene rings is 2. The van der Waals surface area contributed by atoms with Gasteiger partial charge >= 0.3 is 5.97 Å². The minimum absolute atomic E-state index is 0.214. The van der Waals surface area contributed by atoms with Gasteiger partial charge in [0.05, 0.1) is 21.3 Å². The summed E-state index contributed by atoms with van der Waals surface area (Å²) in [6.07, 6.45) is -0.987. The van der Waals surface area contributed by atoms with E-state index in [1.54, 1.807) is 55.5 Å². The smallest absolute Gasteiger partial charge is 0.340 e. The van der Waals surface area contributed by atoms with Gasteiger partial charge in [0.25, 0.3) is 5.91 Å². The Bertz CT molecular complexity index is 792. The number of anilines is 1. The summed E-state index contributed by atoms with van der Waals surface area (Å²) in [7, 11) is -1.29. The molecule has 0 unspecified atom stereocenters. The number of carbonyl (C=O) groups is 2. The lowest BCUT2D eigenvalue weighted by atomic mass is 10.2. The minimum atomic E-state index is -1.29. The summed E-state index contributed by atoms with van der Waals surface area (Å²) in [5, 5.41) is 2.68.